The molecule has 0 spiro atoms. The Balaban J connectivity index is 2.29. The number of likely N-dealkylation sites (N-methyl/N-ethyl adjacent to an activating group) is 1. The molecule has 0 saturated heterocycles. The van der Waals surface area contributed by atoms with Crippen LogP contribution in [0.15, 0.2) is 0 Å². The van der Waals surface area contributed by atoms with E-state index in [1.54, 1.807) is 14.2 Å². The topological polar surface area (TPSA) is 33.7 Å². The molecular weight excluding hydrogens is 204 g/mol. The molecule has 1 saturated carbocycles. The van der Waals surface area contributed by atoms with E-state index in [4.69, 9.17) is 9.47 Å². The van der Waals surface area contributed by atoms with Crippen LogP contribution in [0.4, 0.5) is 0 Å². The van der Waals surface area contributed by atoms with Crippen molar-refractivity contribution in [1.82, 2.24) is 10.2 Å². The average Bonchev–Trinajstić information content (AvgIpc) is 3.10. The highest BCUT2D eigenvalue weighted by Gasteiger charge is 2.23. The van der Waals surface area contributed by atoms with Crippen LogP contribution in [-0.4, -0.2) is 64.1 Å². The molecule has 4 nitrogen and oxygen atoms in total. The molecule has 0 bridgehead atoms. The van der Waals surface area contributed by atoms with E-state index in [1.165, 1.54) is 12.8 Å². The van der Waals surface area contributed by atoms with Crippen LogP contribution in [0.3, 0.4) is 0 Å². The number of nitrogens with zero attached hydrogens (tertiary/aromatic N) is 1. The van der Waals surface area contributed by atoms with Crippen LogP contribution < -0.4 is 5.32 Å². The van der Waals surface area contributed by atoms with Crippen molar-refractivity contribution in [3.8, 4) is 0 Å². The minimum Gasteiger partial charge on any atom is -0.383 e. The minimum atomic E-state index is 0.464. The molecule has 1 aliphatic rings. The van der Waals surface area contributed by atoms with Gasteiger partial charge in [-0.1, -0.05) is 6.92 Å². The summed E-state index contributed by atoms with van der Waals surface area (Å²) in [6.45, 7) is 6.82. The maximum absolute atomic E-state index is 5.30. The van der Waals surface area contributed by atoms with Crippen molar-refractivity contribution in [1.29, 1.82) is 0 Å². The molecule has 1 unspecified atom stereocenters. The lowest BCUT2D eigenvalue weighted by Gasteiger charge is -2.30. The Morgan fingerprint density at radius 2 is 2.06 bits per heavy atom. The fourth-order valence-corrected chi connectivity index (χ4v) is 1.88. The summed E-state index contributed by atoms with van der Waals surface area (Å²) in [5.74, 6) is 0. The minimum absolute atomic E-state index is 0.464. The fraction of sp³-hybridized carbons (Fsp3) is 1.00. The number of ether oxygens (including phenoxy) is 2. The number of hydrogen-bond acceptors (Lipinski definition) is 4. The first-order valence-corrected chi connectivity index (χ1v) is 6.27. The third kappa shape index (κ3) is 5.25. The van der Waals surface area contributed by atoms with E-state index in [0.717, 1.165) is 38.9 Å². The van der Waals surface area contributed by atoms with Gasteiger partial charge in [0.1, 0.15) is 0 Å². The predicted molar refractivity (Wildman–Crippen MR) is 65.8 cm³/mol. The lowest BCUT2D eigenvalue weighted by molar-refractivity contribution is 0.0701. The fourth-order valence-electron chi connectivity index (χ4n) is 1.88. The molecule has 96 valence electrons. The van der Waals surface area contributed by atoms with E-state index in [-0.39, 0.29) is 0 Å². The van der Waals surface area contributed by atoms with E-state index in [1.807, 2.05) is 0 Å². The predicted octanol–water partition coefficient (Wildman–Crippen LogP) is 0.722. The Labute approximate surface area is 99.3 Å². The molecule has 0 aromatic heterocycles. The molecule has 1 aliphatic carbocycles. The van der Waals surface area contributed by atoms with E-state index in [0.29, 0.717) is 6.04 Å². The van der Waals surface area contributed by atoms with Crippen molar-refractivity contribution >= 4 is 0 Å². The quantitative estimate of drug-likeness (QED) is 0.600. The Morgan fingerprint density at radius 1 is 1.31 bits per heavy atom. The Kier molecular flexibility index (Phi) is 6.96. The monoisotopic (exact) mass is 230 g/mol. The maximum atomic E-state index is 5.30. The number of hydrogen-bond donors (Lipinski definition) is 1. The zero-order chi connectivity index (χ0) is 11.8. The lowest BCUT2D eigenvalue weighted by atomic mass is 10.2. The number of methoxy groups -OCH3 is 2. The van der Waals surface area contributed by atoms with Crippen LogP contribution >= 0.6 is 0 Å². The molecule has 4 heteroatoms. The van der Waals surface area contributed by atoms with Crippen molar-refractivity contribution in [2.24, 2.45) is 0 Å². The van der Waals surface area contributed by atoms with Gasteiger partial charge in [-0.05, 0) is 19.4 Å². The molecule has 0 aromatic rings. The van der Waals surface area contributed by atoms with Crippen LogP contribution in [0, 0.1) is 0 Å². The van der Waals surface area contributed by atoms with Gasteiger partial charge in [-0.15, -0.1) is 0 Å². The van der Waals surface area contributed by atoms with Gasteiger partial charge in [0.05, 0.1) is 13.2 Å². The zero-order valence-electron chi connectivity index (χ0n) is 10.9. The molecule has 0 radical (unpaired) electrons. The summed E-state index contributed by atoms with van der Waals surface area (Å²) in [5, 5.41) is 3.57. The highest BCUT2D eigenvalue weighted by atomic mass is 16.5. The zero-order valence-corrected chi connectivity index (χ0v) is 10.9. The van der Waals surface area contributed by atoms with Crippen LogP contribution in [-0.2, 0) is 9.47 Å². The van der Waals surface area contributed by atoms with E-state index < -0.39 is 0 Å². The van der Waals surface area contributed by atoms with Crippen LogP contribution in [0.1, 0.15) is 19.8 Å². The first kappa shape index (κ1) is 13.9. The van der Waals surface area contributed by atoms with Crippen molar-refractivity contribution in [2.45, 2.75) is 31.8 Å². The van der Waals surface area contributed by atoms with Crippen molar-refractivity contribution < 1.29 is 9.47 Å². The first-order valence-electron chi connectivity index (χ1n) is 6.27. The van der Waals surface area contributed by atoms with Gasteiger partial charge in [0.25, 0.3) is 0 Å². The molecule has 1 atom stereocenters. The summed E-state index contributed by atoms with van der Waals surface area (Å²) in [4.78, 5) is 2.42. The molecular formula is C12H26N2O2. The molecule has 0 heterocycles. The average molecular weight is 230 g/mol. The molecule has 1 N–H and O–H groups in total. The largest absolute Gasteiger partial charge is 0.383 e. The number of rotatable bonds is 10. The summed E-state index contributed by atoms with van der Waals surface area (Å²) < 4.78 is 10.4. The molecule has 0 amide bonds. The van der Waals surface area contributed by atoms with Gasteiger partial charge in [-0.2, -0.15) is 0 Å². The smallest absolute Gasteiger partial charge is 0.0630 e. The Bertz CT molecular complexity index is 174. The highest BCUT2D eigenvalue weighted by Crippen LogP contribution is 2.18. The molecule has 1 rings (SSSR count). The van der Waals surface area contributed by atoms with Gasteiger partial charge in [0, 0.05) is 39.4 Å². The third-order valence-corrected chi connectivity index (χ3v) is 3.08. The Hall–Kier alpha value is -0.160. The Morgan fingerprint density at radius 3 is 2.56 bits per heavy atom. The first-order chi connectivity index (χ1) is 7.81. The van der Waals surface area contributed by atoms with Crippen molar-refractivity contribution in [2.75, 3.05) is 47.1 Å². The standard InChI is InChI=1S/C12H26N2O2/c1-4-14(7-8-15-2)12(10-16-3)9-13-11-5-6-11/h11-13H,4-10H2,1-3H3. The summed E-state index contributed by atoms with van der Waals surface area (Å²) >= 11 is 0. The number of nitrogens with one attached hydrogen (secondary N) is 1. The normalized spacial score (nSPS) is 18.0. The lowest BCUT2D eigenvalue weighted by Crippen LogP contribution is -2.46. The van der Waals surface area contributed by atoms with E-state index in [9.17, 15) is 0 Å². The molecule has 16 heavy (non-hydrogen) atoms. The second kappa shape index (κ2) is 8.01. The summed E-state index contributed by atoms with van der Waals surface area (Å²) in [7, 11) is 3.52. The summed E-state index contributed by atoms with van der Waals surface area (Å²) in [6.07, 6.45) is 2.67. The molecule has 1 fully saturated rings. The van der Waals surface area contributed by atoms with Crippen molar-refractivity contribution in [3.63, 3.8) is 0 Å². The van der Waals surface area contributed by atoms with Crippen LogP contribution in [0.2, 0.25) is 0 Å². The van der Waals surface area contributed by atoms with Gasteiger partial charge >= 0.3 is 0 Å². The second-order valence-electron chi connectivity index (χ2n) is 4.41. The third-order valence-electron chi connectivity index (χ3n) is 3.08. The van der Waals surface area contributed by atoms with Gasteiger partial charge in [0.2, 0.25) is 0 Å². The van der Waals surface area contributed by atoms with Crippen LogP contribution in [0.25, 0.3) is 0 Å². The SMILES string of the molecule is CCN(CCOC)C(CNC1CC1)COC. The van der Waals surface area contributed by atoms with Gasteiger partial charge in [-0.3, -0.25) is 4.90 Å². The van der Waals surface area contributed by atoms with Crippen molar-refractivity contribution in [3.05, 3.63) is 0 Å². The summed E-state index contributed by atoms with van der Waals surface area (Å²) in [5.41, 5.74) is 0. The second-order valence-corrected chi connectivity index (χ2v) is 4.41. The van der Waals surface area contributed by atoms with Gasteiger partial charge < -0.3 is 14.8 Å². The summed E-state index contributed by atoms with van der Waals surface area (Å²) in [6, 6.07) is 1.23. The van der Waals surface area contributed by atoms with E-state index >= 15 is 0 Å². The molecule has 0 aromatic carbocycles. The highest BCUT2D eigenvalue weighted by molar-refractivity contribution is 4.84. The molecule has 0 aliphatic heterocycles. The van der Waals surface area contributed by atoms with Gasteiger partial charge in [-0.25, -0.2) is 0 Å². The van der Waals surface area contributed by atoms with Gasteiger partial charge in [0.15, 0.2) is 0 Å². The van der Waals surface area contributed by atoms with Crippen LogP contribution in [0.5, 0.6) is 0 Å². The van der Waals surface area contributed by atoms with E-state index in [2.05, 4.69) is 17.1 Å². The maximum Gasteiger partial charge on any atom is 0.0630 e.